The van der Waals surface area contributed by atoms with Crippen LogP contribution in [0.4, 0.5) is 0 Å². The van der Waals surface area contributed by atoms with E-state index in [1.807, 2.05) is 0 Å². The fraction of sp³-hybridized carbons (Fsp3) is 1.00. The molecule has 0 bridgehead atoms. The number of hydrogen-bond acceptors (Lipinski definition) is 1. The predicted molar refractivity (Wildman–Crippen MR) is 93.5 cm³/mol. The van der Waals surface area contributed by atoms with Gasteiger partial charge in [-0.3, -0.25) is 0 Å². The fourth-order valence-electron chi connectivity index (χ4n) is 5.46. The van der Waals surface area contributed by atoms with Crippen molar-refractivity contribution in [3.8, 4) is 0 Å². The van der Waals surface area contributed by atoms with E-state index in [4.69, 9.17) is 0 Å². The maximum absolute atomic E-state index is 4.07. The summed E-state index contributed by atoms with van der Waals surface area (Å²) in [7, 11) is 0. The summed E-state index contributed by atoms with van der Waals surface area (Å²) < 4.78 is 0. The molecule has 2 aliphatic carbocycles. The van der Waals surface area contributed by atoms with Gasteiger partial charge in [-0.25, -0.2) is 0 Å². The first-order valence-electron chi connectivity index (χ1n) is 9.43. The van der Waals surface area contributed by atoms with Crippen molar-refractivity contribution in [1.82, 2.24) is 5.32 Å². The summed E-state index contributed by atoms with van der Waals surface area (Å²) in [6.07, 6.45) is 11.2. The van der Waals surface area contributed by atoms with Crippen LogP contribution in [0.25, 0.3) is 0 Å². The van der Waals surface area contributed by atoms with Gasteiger partial charge in [0.25, 0.3) is 0 Å². The van der Waals surface area contributed by atoms with Gasteiger partial charge in [0.05, 0.1) is 0 Å². The Morgan fingerprint density at radius 1 is 0.810 bits per heavy atom. The van der Waals surface area contributed by atoms with Crippen molar-refractivity contribution < 1.29 is 0 Å². The normalized spacial score (nSPS) is 33.9. The van der Waals surface area contributed by atoms with Gasteiger partial charge in [-0.15, -0.1) is 0 Å². The van der Waals surface area contributed by atoms with Gasteiger partial charge in [0.2, 0.25) is 0 Å². The van der Waals surface area contributed by atoms with E-state index in [1.54, 1.807) is 0 Å². The molecule has 1 heteroatoms. The molecule has 0 spiro atoms. The maximum Gasteiger partial charge on any atom is 0.00798 e. The second kappa shape index (κ2) is 6.60. The van der Waals surface area contributed by atoms with Crippen LogP contribution in [0.15, 0.2) is 0 Å². The summed E-state index contributed by atoms with van der Waals surface area (Å²) >= 11 is 0. The summed E-state index contributed by atoms with van der Waals surface area (Å²) in [5.41, 5.74) is 1.01. The van der Waals surface area contributed by atoms with Gasteiger partial charge in [-0.05, 0) is 61.2 Å². The van der Waals surface area contributed by atoms with Crippen molar-refractivity contribution in [3.05, 3.63) is 0 Å². The molecule has 0 saturated heterocycles. The maximum atomic E-state index is 4.07. The molecule has 2 fully saturated rings. The van der Waals surface area contributed by atoms with E-state index in [2.05, 4.69) is 46.9 Å². The average Bonchev–Trinajstić information content (AvgIpc) is 2.50. The Morgan fingerprint density at radius 3 is 2.00 bits per heavy atom. The summed E-state index contributed by atoms with van der Waals surface area (Å²) in [6, 6.07) is 1.52. The first-order valence-corrected chi connectivity index (χ1v) is 9.43. The minimum Gasteiger partial charge on any atom is -0.311 e. The van der Waals surface area contributed by atoms with Crippen LogP contribution in [0.2, 0.25) is 0 Å². The van der Waals surface area contributed by atoms with E-state index in [0.29, 0.717) is 10.8 Å². The lowest BCUT2D eigenvalue weighted by Gasteiger charge is -2.46. The van der Waals surface area contributed by atoms with E-state index in [9.17, 15) is 0 Å². The molecule has 21 heavy (non-hydrogen) atoms. The Bertz CT molecular complexity index is 313. The predicted octanol–water partition coefficient (Wildman–Crippen LogP) is 5.79. The van der Waals surface area contributed by atoms with Crippen molar-refractivity contribution >= 4 is 0 Å². The molecule has 2 aliphatic rings. The SMILES string of the molecule is CC(C)C1CCCC(NC2CC(C)(C)CC(C)(C)C2)CC1. The molecule has 0 aromatic carbocycles. The molecule has 0 heterocycles. The third-order valence-electron chi connectivity index (χ3n) is 5.98. The Balaban J connectivity index is 1.89. The third kappa shape index (κ3) is 5.27. The molecule has 0 aromatic rings. The molecule has 1 N–H and O–H groups in total. The minimum absolute atomic E-state index is 0.505. The van der Waals surface area contributed by atoms with Gasteiger partial charge in [0.1, 0.15) is 0 Å². The van der Waals surface area contributed by atoms with Crippen molar-refractivity contribution in [3.63, 3.8) is 0 Å². The highest BCUT2D eigenvalue weighted by Crippen LogP contribution is 2.46. The second-order valence-electron chi connectivity index (χ2n) is 9.99. The van der Waals surface area contributed by atoms with Gasteiger partial charge in [-0.2, -0.15) is 0 Å². The number of hydrogen-bond donors (Lipinski definition) is 1. The van der Waals surface area contributed by atoms with Gasteiger partial charge < -0.3 is 5.32 Å². The zero-order valence-corrected chi connectivity index (χ0v) is 15.5. The van der Waals surface area contributed by atoms with Crippen molar-refractivity contribution in [2.45, 2.75) is 105 Å². The minimum atomic E-state index is 0.505. The number of nitrogens with one attached hydrogen (secondary N) is 1. The van der Waals surface area contributed by atoms with Gasteiger partial charge in [0, 0.05) is 12.1 Å². The molecule has 1 nitrogen and oxygen atoms in total. The van der Waals surface area contributed by atoms with Crippen molar-refractivity contribution in [2.75, 3.05) is 0 Å². The highest BCUT2D eigenvalue weighted by atomic mass is 15.0. The molecule has 0 amide bonds. The first-order chi connectivity index (χ1) is 9.67. The molecule has 2 unspecified atom stereocenters. The van der Waals surface area contributed by atoms with Crippen molar-refractivity contribution in [2.24, 2.45) is 22.7 Å². The molecule has 0 aliphatic heterocycles. The third-order valence-corrected chi connectivity index (χ3v) is 5.98. The van der Waals surface area contributed by atoms with E-state index in [1.165, 1.54) is 51.4 Å². The van der Waals surface area contributed by atoms with Gasteiger partial charge >= 0.3 is 0 Å². The van der Waals surface area contributed by atoms with Crippen LogP contribution in [0.1, 0.15) is 92.9 Å². The summed E-state index contributed by atoms with van der Waals surface area (Å²) in [5.74, 6) is 1.84. The van der Waals surface area contributed by atoms with Gasteiger partial charge in [0.15, 0.2) is 0 Å². The topological polar surface area (TPSA) is 12.0 Å². The Morgan fingerprint density at radius 2 is 1.43 bits per heavy atom. The Hall–Kier alpha value is -0.0400. The molecule has 2 rings (SSSR count). The van der Waals surface area contributed by atoms with E-state index in [0.717, 1.165) is 23.9 Å². The summed E-state index contributed by atoms with van der Waals surface area (Å²) in [4.78, 5) is 0. The van der Waals surface area contributed by atoms with E-state index < -0.39 is 0 Å². The zero-order chi connectivity index (χ0) is 15.7. The average molecular weight is 294 g/mol. The standard InChI is InChI=1S/C20H39N/c1-15(2)16-8-7-9-17(11-10-16)21-18-12-19(3,4)14-20(5,6)13-18/h15-18,21H,7-14H2,1-6H3. The highest BCUT2D eigenvalue weighted by molar-refractivity contribution is 4.93. The second-order valence-corrected chi connectivity index (χ2v) is 9.99. The van der Waals surface area contributed by atoms with Crippen LogP contribution in [-0.4, -0.2) is 12.1 Å². The summed E-state index contributed by atoms with van der Waals surface area (Å²) in [5, 5.41) is 4.07. The molecule has 0 radical (unpaired) electrons. The lowest BCUT2D eigenvalue weighted by atomic mass is 9.63. The lowest BCUT2D eigenvalue weighted by molar-refractivity contribution is 0.0791. The largest absolute Gasteiger partial charge is 0.311 e. The quantitative estimate of drug-likeness (QED) is 0.650. The van der Waals surface area contributed by atoms with Crippen LogP contribution in [0, 0.1) is 22.7 Å². The fourth-order valence-corrected chi connectivity index (χ4v) is 5.46. The molecule has 2 atom stereocenters. The van der Waals surface area contributed by atoms with Crippen LogP contribution < -0.4 is 5.32 Å². The molecule has 2 saturated carbocycles. The van der Waals surface area contributed by atoms with Crippen LogP contribution in [0.5, 0.6) is 0 Å². The highest BCUT2D eigenvalue weighted by Gasteiger charge is 2.39. The van der Waals surface area contributed by atoms with Crippen LogP contribution >= 0.6 is 0 Å². The van der Waals surface area contributed by atoms with Crippen molar-refractivity contribution in [1.29, 1.82) is 0 Å². The first kappa shape index (κ1) is 17.3. The van der Waals surface area contributed by atoms with Gasteiger partial charge in [-0.1, -0.05) is 54.4 Å². The zero-order valence-electron chi connectivity index (χ0n) is 15.5. The van der Waals surface area contributed by atoms with E-state index in [-0.39, 0.29) is 0 Å². The molecule has 124 valence electrons. The smallest absolute Gasteiger partial charge is 0.00798 e. The lowest BCUT2D eigenvalue weighted by Crippen LogP contribution is -2.47. The van der Waals surface area contributed by atoms with Crippen LogP contribution in [0.3, 0.4) is 0 Å². The molecule has 0 aromatic heterocycles. The van der Waals surface area contributed by atoms with Crippen LogP contribution in [-0.2, 0) is 0 Å². The van der Waals surface area contributed by atoms with E-state index >= 15 is 0 Å². The monoisotopic (exact) mass is 293 g/mol. The Labute approximate surface area is 133 Å². The number of rotatable bonds is 3. The molecular formula is C20H39N. The Kier molecular flexibility index (Phi) is 5.45. The molecular weight excluding hydrogens is 254 g/mol. The summed E-state index contributed by atoms with van der Waals surface area (Å²) in [6.45, 7) is 14.7.